The number of thioether (sulfide) groups is 1. The number of amides is 1. The van der Waals surface area contributed by atoms with Crippen LogP contribution in [0, 0.1) is 5.82 Å². The van der Waals surface area contributed by atoms with Crippen LogP contribution in [0.25, 0.3) is 5.70 Å². The number of hydrogen-bond acceptors (Lipinski definition) is 6. The number of ether oxygens (including phenoxy) is 1. The first-order chi connectivity index (χ1) is 16.5. The van der Waals surface area contributed by atoms with E-state index in [9.17, 15) is 14.0 Å². The number of fused-ring (bicyclic) bond motifs is 1. The van der Waals surface area contributed by atoms with Crippen LogP contribution in [0.2, 0.25) is 0 Å². The normalized spacial score (nSPS) is 19.4. The highest BCUT2D eigenvalue weighted by Gasteiger charge is 2.42. The summed E-state index contributed by atoms with van der Waals surface area (Å²) < 4.78 is 19.8. The Labute approximate surface area is 201 Å². The number of esters is 1. The van der Waals surface area contributed by atoms with Gasteiger partial charge in [-0.25, -0.2) is 14.2 Å². The predicted molar refractivity (Wildman–Crippen MR) is 130 cm³/mol. The highest BCUT2D eigenvalue weighted by Crippen LogP contribution is 2.47. The minimum absolute atomic E-state index is 0.0795. The molecule has 1 unspecified atom stereocenters. The molecule has 5 rings (SSSR count). The van der Waals surface area contributed by atoms with Gasteiger partial charge in [0.25, 0.3) is 0 Å². The molecule has 1 fully saturated rings. The monoisotopic (exact) mass is 477 g/mol. The van der Waals surface area contributed by atoms with E-state index in [2.05, 4.69) is 5.32 Å². The van der Waals surface area contributed by atoms with E-state index < -0.39 is 17.8 Å². The molecule has 174 valence electrons. The molecule has 0 bridgehead atoms. The largest absolute Gasteiger partial charge is 0.463 e. The second-order valence-corrected chi connectivity index (χ2v) is 9.15. The number of halogens is 1. The fraction of sp³-hybridized carbons (Fsp3) is 0.269. The molecule has 1 N–H and O–H groups in total. The molecule has 2 aromatic rings. The average Bonchev–Trinajstić information content (AvgIpc) is 3.56. The number of carbonyl (C=O) groups is 2. The van der Waals surface area contributed by atoms with E-state index in [1.165, 1.54) is 23.9 Å². The molecule has 1 amide bonds. The molecule has 1 aliphatic carbocycles. The molecule has 2 aliphatic heterocycles. The van der Waals surface area contributed by atoms with Crippen LogP contribution in [0.4, 0.5) is 4.39 Å². The van der Waals surface area contributed by atoms with Gasteiger partial charge in [-0.3, -0.25) is 4.79 Å². The molecule has 2 heterocycles. The molecule has 8 heteroatoms. The second kappa shape index (κ2) is 9.46. The Balaban J connectivity index is 1.63. The minimum Gasteiger partial charge on any atom is -0.463 e. The van der Waals surface area contributed by atoms with Crippen LogP contribution in [0.3, 0.4) is 0 Å². The Morgan fingerprint density at radius 1 is 1.18 bits per heavy atom. The van der Waals surface area contributed by atoms with Gasteiger partial charge in [0.1, 0.15) is 5.82 Å². The maximum atomic E-state index is 14.4. The van der Waals surface area contributed by atoms with E-state index in [-0.39, 0.29) is 25.0 Å². The fourth-order valence-corrected chi connectivity index (χ4v) is 5.07. The highest BCUT2D eigenvalue weighted by atomic mass is 32.2. The number of nitrogens with zero attached hydrogens (tertiary/aromatic N) is 2. The first-order valence-electron chi connectivity index (χ1n) is 11.3. The van der Waals surface area contributed by atoms with Crippen molar-refractivity contribution in [3.05, 3.63) is 88.2 Å². The summed E-state index contributed by atoms with van der Waals surface area (Å²) in [5.74, 6) is -1.00. The van der Waals surface area contributed by atoms with Crippen molar-refractivity contribution in [2.45, 2.75) is 38.3 Å². The highest BCUT2D eigenvalue weighted by molar-refractivity contribution is 8.16. The topological polar surface area (TPSA) is 71.0 Å². The van der Waals surface area contributed by atoms with Gasteiger partial charge in [0, 0.05) is 17.3 Å². The van der Waals surface area contributed by atoms with Crippen molar-refractivity contribution in [3.8, 4) is 0 Å². The Bertz CT molecular complexity index is 1220. The Morgan fingerprint density at radius 2 is 1.97 bits per heavy atom. The van der Waals surface area contributed by atoms with E-state index in [1.807, 2.05) is 40.6 Å². The molecule has 0 saturated heterocycles. The molecule has 0 radical (unpaired) electrons. The summed E-state index contributed by atoms with van der Waals surface area (Å²) >= 11 is 1.39. The Hall–Kier alpha value is -3.39. The maximum absolute atomic E-state index is 14.4. The van der Waals surface area contributed by atoms with Gasteiger partial charge >= 0.3 is 5.97 Å². The lowest BCUT2D eigenvalue weighted by Crippen LogP contribution is -2.38. The third-order valence-corrected chi connectivity index (χ3v) is 6.69. The van der Waals surface area contributed by atoms with E-state index in [1.54, 1.807) is 19.1 Å². The quantitative estimate of drug-likeness (QED) is 0.582. The third-order valence-electron chi connectivity index (χ3n) is 5.80. The van der Waals surface area contributed by atoms with Gasteiger partial charge in [-0.05, 0) is 42.9 Å². The molecule has 1 atom stereocenters. The van der Waals surface area contributed by atoms with Crippen LogP contribution in [0.1, 0.15) is 43.4 Å². The molecule has 34 heavy (non-hydrogen) atoms. The molecule has 0 spiro atoms. The zero-order valence-corrected chi connectivity index (χ0v) is 19.5. The van der Waals surface area contributed by atoms with E-state index in [0.29, 0.717) is 27.7 Å². The molecule has 1 saturated carbocycles. The van der Waals surface area contributed by atoms with Crippen LogP contribution in [-0.4, -0.2) is 34.6 Å². The summed E-state index contributed by atoms with van der Waals surface area (Å²) in [4.78, 5) is 32.7. The van der Waals surface area contributed by atoms with Crippen LogP contribution >= 0.6 is 11.8 Å². The molecular formula is C26H24FN3O3S. The first-order valence-corrected chi connectivity index (χ1v) is 12.2. The number of benzene rings is 2. The Kier molecular flexibility index (Phi) is 6.24. The molecule has 3 aliphatic rings. The summed E-state index contributed by atoms with van der Waals surface area (Å²) in [5.41, 5.74) is 2.87. The lowest BCUT2D eigenvalue weighted by Gasteiger charge is -2.36. The van der Waals surface area contributed by atoms with Gasteiger partial charge in [0.2, 0.25) is 5.91 Å². The maximum Gasteiger partial charge on any atom is 0.338 e. The lowest BCUT2D eigenvalue weighted by molar-refractivity contribution is -0.139. The smallest absolute Gasteiger partial charge is 0.338 e. The predicted octanol–water partition coefficient (Wildman–Crippen LogP) is 4.77. The van der Waals surface area contributed by atoms with Crippen molar-refractivity contribution in [1.82, 2.24) is 10.2 Å². The first kappa shape index (κ1) is 22.4. The lowest BCUT2D eigenvalue weighted by atomic mass is 9.91. The van der Waals surface area contributed by atoms with E-state index >= 15 is 0 Å². The zero-order chi connectivity index (χ0) is 23.7. The van der Waals surface area contributed by atoms with Gasteiger partial charge in [-0.1, -0.05) is 54.2 Å². The molecule has 6 nitrogen and oxygen atoms in total. The SMILES string of the molecule is CCOC(=O)C1=C(c2ccccc2)N=C2SC=C(CC(=O)NC3CC3)N2C1c1cccc(F)c1. The summed E-state index contributed by atoms with van der Waals surface area (Å²) in [7, 11) is 0. The van der Waals surface area contributed by atoms with Crippen molar-refractivity contribution in [2.24, 2.45) is 4.99 Å². The van der Waals surface area contributed by atoms with Gasteiger partial charge in [-0.15, -0.1) is 0 Å². The van der Waals surface area contributed by atoms with Crippen molar-refractivity contribution in [2.75, 3.05) is 6.61 Å². The molecule has 2 aromatic carbocycles. The number of amidine groups is 1. The van der Waals surface area contributed by atoms with Crippen molar-refractivity contribution in [1.29, 1.82) is 0 Å². The van der Waals surface area contributed by atoms with E-state index in [4.69, 9.17) is 9.73 Å². The van der Waals surface area contributed by atoms with Crippen LogP contribution in [-0.2, 0) is 14.3 Å². The van der Waals surface area contributed by atoms with E-state index in [0.717, 1.165) is 18.4 Å². The summed E-state index contributed by atoms with van der Waals surface area (Å²) in [6, 6.07) is 15.2. The molecule has 0 aromatic heterocycles. The molecular weight excluding hydrogens is 453 g/mol. The standard InChI is InChI=1S/C26H24FN3O3S/c1-2-33-25(32)22-23(16-7-4-3-5-8-16)29-26-30(24(22)17-9-6-10-18(27)13-17)20(15-34-26)14-21(31)28-19-11-12-19/h3-10,13,15,19,24H,2,11-12,14H2,1H3,(H,28,31). The van der Waals surface area contributed by atoms with Crippen LogP contribution < -0.4 is 5.32 Å². The van der Waals surface area contributed by atoms with Crippen LogP contribution in [0.5, 0.6) is 0 Å². The third kappa shape index (κ3) is 4.50. The Morgan fingerprint density at radius 3 is 2.68 bits per heavy atom. The van der Waals surface area contributed by atoms with Crippen molar-refractivity contribution in [3.63, 3.8) is 0 Å². The second-order valence-electron chi connectivity index (χ2n) is 8.32. The number of carbonyl (C=O) groups excluding carboxylic acids is 2. The number of hydrogen-bond donors (Lipinski definition) is 1. The number of nitrogens with one attached hydrogen (secondary N) is 1. The van der Waals surface area contributed by atoms with Gasteiger partial charge in [-0.2, -0.15) is 0 Å². The van der Waals surface area contributed by atoms with Crippen molar-refractivity contribution < 1.29 is 18.7 Å². The van der Waals surface area contributed by atoms with Crippen LogP contribution in [0.15, 0.2) is 76.3 Å². The summed E-state index contributed by atoms with van der Waals surface area (Å²) in [6.45, 7) is 1.94. The minimum atomic E-state index is -0.688. The van der Waals surface area contributed by atoms with Crippen molar-refractivity contribution >= 4 is 34.5 Å². The zero-order valence-electron chi connectivity index (χ0n) is 18.7. The summed E-state index contributed by atoms with van der Waals surface area (Å²) in [6.07, 6.45) is 2.14. The van der Waals surface area contributed by atoms with Gasteiger partial charge in [0.05, 0.1) is 30.3 Å². The van der Waals surface area contributed by atoms with Gasteiger partial charge < -0.3 is 15.0 Å². The fourth-order valence-electron chi connectivity index (χ4n) is 4.15. The number of rotatable bonds is 7. The summed E-state index contributed by atoms with van der Waals surface area (Å²) in [5, 5.41) is 5.53. The number of aliphatic imine (C=N–C) groups is 1. The van der Waals surface area contributed by atoms with Gasteiger partial charge in [0.15, 0.2) is 5.17 Å². The average molecular weight is 478 g/mol.